The van der Waals surface area contributed by atoms with E-state index in [0.29, 0.717) is 30.7 Å². The molecule has 6 rings (SSSR count). The van der Waals surface area contributed by atoms with Crippen molar-refractivity contribution in [2.45, 2.75) is 57.4 Å². The monoisotopic (exact) mass is 583 g/mol. The molecule has 1 heterocycles. The number of aliphatic carboxylic acids is 1. The van der Waals surface area contributed by atoms with Crippen molar-refractivity contribution in [3.05, 3.63) is 101 Å². The SMILES string of the molecule is O=C(Nc1cc(CC2(C(=O)O)CC2)ccc1F)C(c1ccc(CN2N=C(c3ccccc3)OCC2=O)cc1)C1CCCC1. The molecular formula is C34H34FN3O5. The second-order valence-corrected chi connectivity index (χ2v) is 11.8. The number of carboxylic acid groups (broad SMARTS) is 1. The molecule has 2 saturated carbocycles. The van der Waals surface area contributed by atoms with Gasteiger partial charge in [0.05, 0.1) is 23.6 Å². The van der Waals surface area contributed by atoms with Gasteiger partial charge in [0.2, 0.25) is 11.8 Å². The van der Waals surface area contributed by atoms with Crippen molar-refractivity contribution < 1.29 is 28.6 Å². The molecule has 0 bridgehead atoms. The highest BCUT2D eigenvalue weighted by Crippen LogP contribution is 2.49. The van der Waals surface area contributed by atoms with E-state index in [1.807, 2.05) is 54.6 Å². The lowest BCUT2D eigenvalue weighted by molar-refractivity contribution is -0.143. The van der Waals surface area contributed by atoms with E-state index in [4.69, 9.17) is 4.74 Å². The van der Waals surface area contributed by atoms with Crippen molar-refractivity contribution in [1.29, 1.82) is 0 Å². The molecule has 1 atom stereocenters. The van der Waals surface area contributed by atoms with Gasteiger partial charge in [-0.05, 0) is 79.0 Å². The Morgan fingerprint density at radius 3 is 2.40 bits per heavy atom. The van der Waals surface area contributed by atoms with Crippen LogP contribution in [0.15, 0.2) is 77.9 Å². The van der Waals surface area contributed by atoms with Crippen LogP contribution in [0.25, 0.3) is 0 Å². The Bertz CT molecular complexity index is 1550. The van der Waals surface area contributed by atoms with Crippen molar-refractivity contribution in [3.63, 3.8) is 0 Å². The van der Waals surface area contributed by atoms with Crippen molar-refractivity contribution in [2.24, 2.45) is 16.4 Å². The summed E-state index contributed by atoms with van der Waals surface area (Å²) in [5, 5.41) is 18.2. The maximum absolute atomic E-state index is 14.8. The zero-order valence-electron chi connectivity index (χ0n) is 23.8. The minimum absolute atomic E-state index is 0.0706. The van der Waals surface area contributed by atoms with Gasteiger partial charge in [0.25, 0.3) is 5.91 Å². The van der Waals surface area contributed by atoms with Crippen molar-refractivity contribution in [1.82, 2.24) is 5.01 Å². The van der Waals surface area contributed by atoms with Crippen LogP contribution in [0.1, 0.15) is 66.7 Å². The van der Waals surface area contributed by atoms with Crippen molar-refractivity contribution in [3.8, 4) is 0 Å². The molecule has 1 unspecified atom stereocenters. The fourth-order valence-corrected chi connectivity index (χ4v) is 6.17. The lowest BCUT2D eigenvalue weighted by Gasteiger charge is -2.25. The van der Waals surface area contributed by atoms with Gasteiger partial charge in [-0.25, -0.2) is 9.40 Å². The molecule has 2 aliphatic carbocycles. The van der Waals surface area contributed by atoms with Crippen LogP contribution in [0.5, 0.6) is 0 Å². The molecule has 0 aromatic heterocycles. The summed E-state index contributed by atoms with van der Waals surface area (Å²) in [6, 6.07) is 21.5. The standard InChI is InChI=1S/C34H34FN3O5/c35-27-15-12-23(19-34(16-17-34)33(41)42)18-28(27)36-31(40)30(24-6-4-5-7-24)25-13-10-22(11-14-25)20-38-29(39)21-43-32(37-38)26-8-2-1-3-9-26/h1-3,8-15,18,24,30H,4-7,16-17,19-21H2,(H,36,40)(H,41,42). The summed E-state index contributed by atoms with van der Waals surface area (Å²) in [6.07, 6.45) is 5.39. The molecule has 43 heavy (non-hydrogen) atoms. The van der Waals surface area contributed by atoms with E-state index in [-0.39, 0.29) is 36.6 Å². The number of nitrogens with zero attached hydrogens (tertiary/aromatic N) is 2. The van der Waals surface area contributed by atoms with E-state index in [2.05, 4.69) is 10.4 Å². The Morgan fingerprint density at radius 1 is 1.02 bits per heavy atom. The van der Waals surface area contributed by atoms with Crippen LogP contribution in [0.2, 0.25) is 0 Å². The first kappa shape index (κ1) is 28.6. The summed E-state index contributed by atoms with van der Waals surface area (Å²) in [5.74, 6) is -1.88. The van der Waals surface area contributed by atoms with Gasteiger partial charge in [0.15, 0.2) is 6.61 Å². The topological polar surface area (TPSA) is 108 Å². The predicted molar refractivity (Wildman–Crippen MR) is 159 cm³/mol. The fraction of sp³-hybridized carbons (Fsp3) is 0.353. The number of nitrogens with one attached hydrogen (secondary N) is 1. The largest absolute Gasteiger partial charge is 0.481 e. The molecular weight excluding hydrogens is 549 g/mol. The number of carbonyl (C=O) groups excluding carboxylic acids is 2. The first-order chi connectivity index (χ1) is 20.8. The number of carboxylic acids is 1. The smallest absolute Gasteiger partial charge is 0.309 e. The molecule has 8 nitrogen and oxygen atoms in total. The molecule has 2 fully saturated rings. The van der Waals surface area contributed by atoms with Gasteiger partial charge in [-0.3, -0.25) is 14.4 Å². The van der Waals surface area contributed by atoms with Crippen LogP contribution >= 0.6 is 0 Å². The number of benzene rings is 3. The Morgan fingerprint density at radius 2 is 1.72 bits per heavy atom. The Balaban J connectivity index is 1.19. The Kier molecular flexibility index (Phi) is 7.97. The zero-order valence-corrected chi connectivity index (χ0v) is 23.8. The molecule has 9 heteroatoms. The molecule has 0 spiro atoms. The first-order valence-electron chi connectivity index (χ1n) is 14.8. The molecule has 0 saturated heterocycles. The molecule has 2 N–H and O–H groups in total. The fourth-order valence-electron chi connectivity index (χ4n) is 6.17. The summed E-state index contributed by atoms with van der Waals surface area (Å²) < 4.78 is 20.4. The maximum atomic E-state index is 14.8. The van der Waals surface area contributed by atoms with E-state index in [1.165, 1.54) is 11.1 Å². The van der Waals surface area contributed by atoms with Gasteiger partial charge in [0.1, 0.15) is 5.82 Å². The van der Waals surface area contributed by atoms with E-state index < -0.39 is 23.1 Å². The third-order valence-corrected chi connectivity index (χ3v) is 8.82. The minimum atomic E-state index is -0.839. The number of halogens is 1. The third-order valence-electron chi connectivity index (χ3n) is 8.82. The quantitative estimate of drug-likeness (QED) is 0.311. The molecule has 3 aliphatic rings. The molecule has 0 radical (unpaired) electrons. The molecule has 3 aromatic rings. The zero-order chi connectivity index (χ0) is 30.0. The van der Waals surface area contributed by atoms with Crippen molar-refractivity contribution >= 4 is 29.4 Å². The number of hydrogen-bond donors (Lipinski definition) is 2. The number of ether oxygens (including phenoxy) is 1. The molecule has 1 aliphatic heterocycles. The second kappa shape index (κ2) is 12.0. The average molecular weight is 584 g/mol. The Hall–Kier alpha value is -4.53. The predicted octanol–water partition coefficient (Wildman–Crippen LogP) is 5.87. The van der Waals surface area contributed by atoms with Crippen LogP contribution in [0.3, 0.4) is 0 Å². The summed E-state index contributed by atoms with van der Waals surface area (Å²) in [6.45, 7) is 0.166. The number of anilines is 1. The average Bonchev–Trinajstić information content (AvgIpc) is 3.61. The van der Waals surface area contributed by atoms with Crippen LogP contribution in [-0.4, -0.2) is 40.4 Å². The number of carbonyl (C=O) groups is 3. The maximum Gasteiger partial charge on any atom is 0.309 e. The lowest BCUT2D eigenvalue weighted by Crippen LogP contribution is -2.36. The van der Waals surface area contributed by atoms with Gasteiger partial charge in [0, 0.05) is 5.56 Å². The van der Waals surface area contributed by atoms with Crippen molar-refractivity contribution in [2.75, 3.05) is 11.9 Å². The van der Waals surface area contributed by atoms with Gasteiger partial charge >= 0.3 is 5.97 Å². The van der Waals surface area contributed by atoms with Gasteiger partial charge in [-0.1, -0.05) is 61.4 Å². The van der Waals surface area contributed by atoms with E-state index >= 15 is 0 Å². The first-order valence-corrected chi connectivity index (χ1v) is 14.8. The van der Waals surface area contributed by atoms with Gasteiger partial charge in [-0.2, -0.15) is 0 Å². The number of hydrazone groups is 1. The Labute approximate surface area is 249 Å². The minimum Gasteiger partial charge on any atom is -0.481 e. The second-order valence-electron chi connectivity index (χ2n) is 11.8. The molecule has 222 valence electrons. The highest BCUT2D eigenvalue weighted by atomic mass is 19.1. The van der Waals surface area contributed by atoms with Crippen LogP contribution < -0.4 is 5.32 Å². The number of rotatable bonds is 10. The van der Waals surface area contributed by atoms with Gasteiger partial charge in [-0.15, -0.1) is 5.10 Å². The van der Waals surface area contributed by atoms with Crippen LogP contribution in [-0.2, 0) is 32.1 Å². The number of hydrogen-bond acceptors (Lipinski definition) is 5. The van der Waals surface area contributed by atoms with Crippen LogP contribution in [0.4, 0.5) is 10.1 Å². The molecule has 3 aromatic carbocycles. The summed E-state index contributed by atoms with van der Waals surface area (Å²) in [5.41, 5.74) is 2.45. The highest BCUT2D eigenvalue weighted by Gasteiger charge is 2.50. The summed E-state index contributed by atoms with van der Waals surface area (Å²) >= 11 is 0. The normalized spacial score (nSPS) is 18.5. The third kappa shape index (κ3) is 6.30. The van der Waals surface area contributed by atoms with E-state index in [1.54, 1.807) is 12.1 Å². The summed E-state index contributed by atoms with van der Waals surface area (Å²) in [4.78, 5) is 37.9. The van der Waals surface area contributed by atoms with E-state index in [0.717, 1.165) is 42.4 Å². The highest BCUT2D eigenvalue weighted by molar-refractivity contribution is 5.98. The summed E-state index contributed by atoms with van der Waals surface area (Å²) in [7, 11) is 0. The molecule has 2 amide bonds. The van der Waals surface area contributed by atoms with Gasteiger partial charge < -0.3 is 15.2 Å². The lowest BCUT2D eigenvalue weighted by atomic mass is 9.83. The number of amides is 2. The van der Waals surface area contributed by atoms with E-state index in [9.17, 15) is 23.9 Å². The van der Waals surface area contributed by atoms with Crippen LogP contribution in [0, 0.1) is 17.2 Å².